The average molecular weight is 297 g/mol. The number of carbonyl (C=O) groups excluding carboxylic acids is 2. The Morgan fingerprint density at radius 1 is 1.25 bits per heavy atom. The van der Waals surface area contributed by atoms with Gasteiger partial charge in [-0.05, 0) is 25.7 Å². The first-order valence-corrected chi connectivity index (χ1v) is 7.76. The molecular formula is C14H23N3O2S. The lowest BCUT2D eigenvalue weighted by Gasteiger charge is -2.39. The van der Waals surface area contributed by atoms with E-state index in [1.807, 2.05) is 0 Å². The fourth-order valence-electron chi connectivity index (χ4n) is 3.44. The summed E-state index contributed by atoms with van der Waals surface area (Å²) in [6.45, 7) is 0.626. The van der Waals surface area contributed by atoms with Gasteiger partial charge in [0.2, 0.25) is 11.8 Å². The number of rotatable bonds is 3. The van der Waals surface area contributed by atoms with Crippen LogP contribution in [0.3, 0.4) is 0 Å². The van der Waals surface area contributed by atoms with Crippen molar-refractivity contribution in [2.45, 2.75) is 51.0 Å². The number of likely N-dealkylation sites (tertiary alicyclic amines) is 1. The number of amides is 2. The van der Waals surface area contributed by atoms with Gasteiger partial charge in [-0.15, -0.1) is 0 Å². The normalized spacial score (nSPS) is 25.2. The van der Waals surface area contributed by atoms with Crippen LogP contribution in [0.2, 0.25) is 0 Å². The fraction of sp³-hybridized carbons (Fsp3) is 0.786. The summed E-state index contributed by atoms with van der Waals surface area (Å²) in [4.78, 5) is 26.9. The van der Waals surface area contributed by atoms with Gasteiger partial charge in [-0.3, -0.25) is 9.59 Å². The number of thiocarbonyl (C=S) groups is 1. The van der Waals surface area contributed by atoms with Crippen LogP contribution in [-0.4, -0.2) is 41.3 Å². The molecule has 3 N–H and O–H groups in total. The minimum atomic E-state index is -0.718. The zero-order valence-electron chi connectivity index (χ0n) is 12.0. The summed E-state index contributed by atoms with van der Waals surface area (Å²) >= 11 is 5.20. The van der Waals surface area contributed by atoms with E-state index >= 15 is 0 Å². The first-order valence-electron chi connectivity index (χ1n) is 7.35. The second-order valence-electron chi connectivity index (χ2n) is 5.78. The van der Waals surface area contributed by atoms with Gasteiger partial charge in [0.05, 0.1) is 10.4 Å². The summed E-state index contributed by atoms with van der Waals surface area (Å²) in [5.74, 6) is -0.124. The van der Waals surface area contributed by atoms with Crippen molar-refractivity contribution in [3.63, 3.8) is 0 Å². The number of carbonyl (C=O) groups is 2. The van der Waals surface area contributed by atoms with E-state index in [1.54, 1.807) is 11.9 Å². The monoisotopic (exact) mass is 297 g/mol. The van der Waals surface area contributed by atoms with Crippen LogP contribution in [0.1, 0.15) is 44.9 Å². The molecule has 0 aromatic carbocycles. The Balaban J connectivity index is 2.23. The van der Waals surface area contributed by atoms with Crippen LogP contribution in [0.25, 0.3) is 0 Å². The van der Waals surface area contributed by atoms with Gasteiger partial charge in [0.25, 0.3) is 0 Å². The first-order chi connectivity index (χ1) is 9.53. The quantitative estimate of drug-likeness (QED) is 0.761. The Morgan fingerprint density at radius 2 is 1.90 bits per heavy atom. The molecule has 1 atom stereocenters. The number of nitrogens with zero attached hydrogens (tertiary/aromatic N) is 1. The molecule has 1 heterocycles. The van der Waals surface area contributed by atoms with Crippen LogP contribution in [0.5, 0.6) is 0 Å². The van der Waals surface area contributed by atoms with Crippen LogP contribution >= 0.6 is 12.2 Å². The van der Waals surface area contributed by atoms with Crippen molar-refractivity contribution < 1.29 is 9.59 Å². The molecule has 2 fully saturated rings. The number of hydrogen-bond acceptors (Lipinski definition) is 3. The minimum absolute atomic E-state index is 0.0317. The molecule has 0 aromatic heterocycles. The van der Waals surface area contributed by atoms with Gasteiger partial charge < -0.3 is 16.0 Å². The van der Waals surface area contributed by atoms with Gasteiger partial charge in [0, 0.05) is 13.6 Å². The van der Waals surface area contributed by atoms with Crippen molar-refractivity contribution >= 4 is 29.0 Å². The predicted octanol–water partition coefficient (Wildman–Crippen LogP) is 0.960. The van der Waals surface area contributed by atoms with Crippen molar-refractivity contribution in [1.82, 2.24) is 10.2 Å². The fourth-order valence-corrected chi connectivity index (χ4v) is 3.74. The van der Waals surface area contributed by atoms with Crippen molar-refractivity contribution in [2.75, 3.05) is 13.6 Å². The molecule has 0 radical (unpaired) electrons. The van der Waals surface area contributed by atoms with E-state index < -0.39 is 5.41 Å². The van der Waals surface area contributed by atoms with Gasteiger partial charge in [0.15, 0.2) is 0 Å². The Hall–Kier alpha value is -1.17. The van der Waals surface area contributed by atoms with Gasteiger partial charge >= 0.3 is 0 Å². The maximum Gasteiger partial charge on any atom is 0.242 e. The summed E-state index contributed by atoms with van der Waals surface area (Å²) in [5, 5.41) is 2.64. The zero-order chi connectivity index (χ0) is 14.8. The molecular weight excluding hydrogens is 274 g/mol. The predicted molar refractivity (Wildman–Crippen MR) is 81.1 cm³/mol. The third kappa shape index (κ3) is 2.53. The summed E-state index contributed by atoms with van der Waals surface area (Å²) in [6.07, 6.45) is 6.09. The van der Waals surface area contributed by atoms with Crippen molar-refractivity contribution in [2.24, 2.45) is 11.1 Å². The van der Waals surface area contributed by atoms with Crippen LogP contribution in [0.15, 0.2) is 0 Å². The molecule has 2 aliphatic rings. The number of hydrogen-bond donors (Lipinski definition) is 2. The molecule has 2 rings (SSSR count). The third-order valence-electron chi connectivity index (χ3n) is 4.65. The van der Waals surface area contributed by atoms with Gasteiger partial charge in [-0.25, -0.2) is 0 Å². The summed E-state index contributed by atoms with van der Waals surface area (Å²) < 4.78 is 0. The van der Waals surface area contributed by atoms with E-state index in [0.717, 1.165) is 44.9 Å². The standard InChI is InChI=1S/C14H23N3O2S/c1-16-11(18)10-6-5-9-17(10)13(19)14(12(15)20)7-3-2-4-8-14/h10H,2-9H2,1H3,(H2,15,20)(H,16,18). The van der Waals surface area contributed by atoms with E-state index in [0.29, 0.717) is 11.5 Å². The van der Waals surface area contributed by atoms with E-state index in [1.165, 1.54) is 0 Å². The highest BCUT2D eigenvalue weighted by atomic mass is 32.1. The second kappa shape index (κ2) is 6.08. The Kier molecular flexibility index (Phi) is 4.62. The molecule has 0 aromatic rings. The lowest BCUT2D eigenvalue weighted by Crippen LogP contribution is -2.55. The van der Waals surface area contributed by atoms with Crippen molar-refractivity contribution in [3.05, 3.63) is 0 Å². The van der Waals surface area contributed by atoms with Crippen LogP contribution in [0, 0.1) is 5.41 Å². The van der Waals surface area contributed by atoms with Gasteiger partial charge in [-0.1, -0.05) is 31.5 Å². The molecule has 1 saturated carbocycles. The van der Waals surface area contributed by atoms with E-state index in [4.69, 9.17) is 18.0 Å². The summed E-state index contributed by atoms with van der Waals surface area (Å²) in [7, 11) is 1.60. The summed E-state index contributed by atoms with van der Waals surface area (Å²) in [6, 6.07) is -0.361. The highest BCUT2D eigenvalue weighted by Crippen LogP contribution is 2.40. The number of likely N-dealkylation sites (N-methyl/N-ethyl adjacent to an activating group) is 1. The van der Waals surface area contributed by atoms with Crippen LogP contribution < -0.4 is 11.1 Å². The molecule has 0 spiro atoms. The van der Waals surface area contributed by atoms with E-state index in [2.05, 4.69) is 5.32 Å². The Morgan fingerprint density at radius 3 is 2.45 bits per heavy atom. The molecule has 2 amide bonds. The number of nitrogens with two attached hydrogens (primary N) is 1. The van der Waals surface area contributed by atoms with Gasteiger partial charge in [0.1, 0.15) is 6.04 Å². The third-order valence-corrected chi connectivity index (χ3v) is 5.04. The highest BCUT2D eigenvalue weighted by molar-refractivity contribution is 7.80. The second-order valence-corrected chi connectivity index (χ2v) is 6.22. The van der Waals surface area contributed by atoms with Gasteiger partial charge in [-0.2, -0.15) is 0 Å². The molecule has 0 bridgehead atoms. The first kappa shape index (κ1) is 15.2. The highest BCUT2D eigenvalue weighted by Gasteiger charge is 2.48. The van der Waals surface area contributed by atoms with Crippen molar-refractivity contribution in [3.8, 4) is 0 Å². The van der Waals surface area contributed by atoms with E-state index in [9.17, 15) is 9.59 Å². The maximum atomic E-state index is 13.0. The Bertz CT molecular complexity index is 419. The molecule has 5 nitrogen and oxygen atoms in total. The number of nitrogens with one attached hydrogen (secondary N) is 1. The molecule has 1 aliphatic carbocycles. The summed E-state index contributed by atoms with van der Waals surface area (Å²) in [5.41, 5.74) is 5.19. The average Bonchev–Trinajstić information content (AvgIpc) is 2.95. The van der Waals surface area contributed by atoms with Crippen LogP contribution in [-0.2, 0) is 9.59 Å². The Labute approximate surface area is 125 Å². The zero-order valence-corrected chi connectivity index (χ0v) is 12.8. The molecule has 6 heteroatoms. The molecule has 1 aliphatic heterocycles. The molecule has 20 heavy (non-hydrogen) atoms. The molecule has 1 saturated heterocycles. The smallest absolute Gasteiger partial charge is 0.242 e. The lowest BCUT2D eigenvalue weighted by molar-refractivity contribution is -0.144. The van der Waals surface area contributed by atoms with Crippen LogP contribution in [0.4, 0.5) is 0 Å². The molecule has 1 unspecified atom stereocenters. The van der Waals surface area contributed by atoms with E-state index in [-0.39, 0.29) is 17.9 Å². The topological polar surface area (TPSA) is 75.4 Å². The maximum absolute atomic E-state index is 13.0. The van der Waals surface area contributed by atoms with Crippen molar-refractivity contribution in [1.29, 1.82) is 0 Å². The SMILES string of the molecule is CNC(=O)C1CCCN1C(=O)C1(C(N)=S)CCCCC1. The lowest BCUT2D eigenvalue weighted by atomic mass is 9.72. The molecule has 112 valence electrons. The minimum Gasteiger partial charge on any atom is -0.392 e. The largest absolute Gasteiger partial charge is 0.392 e.